The van der Waals surface area contributed by atoms with Gasteiger partial charge in [0.1, 0.15) is 0 Å². The van der Waals surface area contributed by atoms with Gasteiger partial charge in [0.2, 0.25) is 5.91 Å². The number of rotatable bonds is 5. The van der Waals surface area contributed by atoms with Crippen molar-refractivity contribution in [3.8, 4) is 0 Å². The van der Waals surface area contributed by atoms with Crippen LogP contribution in [0.15, 0.2) is 30.5 Å². The first-order valence-corrected chi connectivity index (χ1v) is 6.64. The summed E-state index contributed by atoms with van der Waals surface area (Å²) in [4.78, 5) is 16.0. The van der Waals surface area contributed by atoms with E-state index in [1.54, 1.807) is 18.3 Å². The summed E-state index contributed by atoms with van der Waals surface area (Å²) in [7, 11) is 0. The summed E-state index contributed by atoms with van der Waals surface area (Å²) in [6.07, 6.45) is 2.13. The lowest BCUT2D eigenvalue weighted by Crippen LogP contribution is -2.21. The molecule has 100 valence electrons. The second-order valence-corrected chi connectivity index (χ2v) is 4.55. The zero-order valence-corrected chi connectivity index (χ0v) is 11.5. The van der Waals surface area contributed by atoms with Crippen LogP contribution >= 0.6 is 11.6 Å². The third-order valence-electron chi connectivity index (χ3n) is 2.77. The van der Waals surface area contributed by atoms with E-state index in [-0.39, 0.29) is 5.91 Å². The Morgan fingerprint density at radius 3 is 3.00 bits per heavy atom. The van der Waals surface area contributed by atoms with Crippen LogP contribution in [-0.4, -0.2) is 24.0 Å². The molecule has 0 aliphatic rings. The number of fused-ring (bicyclic) bond motifs is 1. The maximum Gasteiger partial charge on any atom is 0.225 e. The van der Waals surface area contributed by atoms with Crippen molar-refractivity contribution in [2.24, 2.45) is 0 Å². The summed E-state index contributed by atoms with van der Waals surface area (Å²) in [5.74, 6) is -0.0200. The van der Waals surface area contributed by atoms with Crippen molar-refractivity contribution >= 4 is 34.1 Å². The van der Waals surface area contributed by atoms with Gasteiger partial charge in [-0.3, -0.25) is 9.78 Å². The van der Waals surface area contributed by atoms with Gasteiger partial charge in [0.15, 0.2) is 0 Å². The maximum absolute atomic E-state index is 11.8. The molecule has 2 rings (SSSR count). The lowest BCUT2D eigenvalue weighted by atomic mass is 10.1. The van der Waals surface area contributed by atoms with Crippen LogP contribution in [0.1, 0.15) is 13.3 Å². The normalized spacial score (nSPS) is 10.6. The molecule has 0 aliphatic carbocycles. The van der Waals surface area contributed by atoms with E-state index in [0.29, 0.717) is 23.5 Å². The van der Waals surface area contributed by atoms with Crippen LogP contribution in [-0.2, 0) is 4.79 Å². The van der Waals surface area contributed by atoms with Gasteiger partial charge in [0, 0.05) is 24.5 Å². The topological polar surface area (TPSA) is 54.0 Å². The van der Waals surface area contributed by atoms with Crippen LogP contribution in [0.3, 0.4) is 0 Å². The van der Waals surface area contributed by atoms with Crippen molar-refractivity contribution in [2.45, 2.75) is 13.3 Å². The SMILES string of the molecule is CCNCCC(=O)Nc1ccc(Cl)c2ncccc12. The first-order chi connectivity index (χ1) is 9.22. The highest BCUT2D eigenvalue weighted by atomic mass is 35.5. The van der Waals surface area contributed by atoms with Gasteiger partial charge in [0.25, 0.3) is 0 Å². The van der Waals surface area contributed by atoms with Crippen LogP contribution in [0.25, 0.3) is 10.9 Å². The number of aromatic nitrogens is 1. The Labute approximate surface area is 117 Å². The molecule has 1 heterocycles. The molecule has 2 aromatic rings. The number of nitrogens with zero attached hydrogens (tertiary/aromatic N) is 1. The summed E-state index contributed by atoms with van der Waals surface area (Å²) < 4.78 is 0. The van der Waals surface area contributed by atoms with E-state index in [9.17, 15) is 4.79 Å². The Hall–Kier alpha value is -1.65. The summed E-state index contributed by atoms with van der Waals surface area (Å²) in [5.41, 5.74) is 1.45. The highest BCUT2D eigenvalue weighted by molar-refractivity contribution is 6.35. The van der Waals surface area contributed by atoms with Gasteiger partial charge in [0.05, 0.1) is 16.2 Å². The number of hydrogen-bond donors (Lipinski definition) is 2. The van der Waals surface area contributed by atoms with Gasteiger partial charge in [-0.2, -0.15) is 0 Å². The van der Waals surface area contributed by atoms with Crippen LogP contribution in [0, 0.1) is 0 Å². The molecule has 0 radical (unpaired) electrons. The van der Waals surface area contributed by atoms with Crippen molar-refractivity contribution < 1.29 is 4.79 Å². The molecule has 0 unspecified atom stereocenters. The fourth-order valence-corrected chi connectivity index (χ4v) is 2.05. The summed E-state index contributed by atoms with van der Waals surface area (Å²) in [6, 6.07) is 7.27. The lowest BCUT2D eigenvalue weighted by molar-refractivity contribution is -0.116. The molecule has 5 heteroatoms. The summed E-state index contributed by atoms with van der Waals surface area (Å²) in [5, 5.41) is 7.45. The molecule has 1 amide bonds. The Bertz CT molecular complexity index is 586. The molecule has 1 aromatic heterocycles. The summed E-state index contributed by atoms with van der Waals surface area (Å²) >= 11 is 6.08. The number of benzene rings is 1. The minimum absolute atomic E-state index is 0.0200. The number of anilines is 1. The number of pyridine rings is 1. The van der Waals surface area contributed by atoms with Crippen molar-refractivity contribution in [3.63, 3.8) is 0 Å². The van der Waals surface area contributed by atoms with Crippen LogP contribution in [0.2, 0.25) is 5.02 Å². The van der Waals surface area contributed by atoms with Crippen molar-refractivity contribution in [2.75, 3.05) is 18.4 Å². The zero-order chi connectivity index (χ0) is 13.7. The van der Waals surface area contributed by atoms with Crippen LogP contribution < -0.4 is 10.6 Å². The fraction of sp³-hybridized carbons (Fsp3) is 0.286. The summed E-state index contributed by atoms with van der Waals surface area (Å²) in [6.45, 7) is 3.55. The van der Waals surface area contributed by atoms with E-state index in [1.807, 2.05) is 19.1 Å². The highest BCUT2D eigenvalue weighted by Gasteiger charge is 2.08. The Morgan fingerprint density at radius 2 is 2.21 bits per heavy atom. The van der Waals surface area contributed by atoms with Gasteiger partial charge >= 0.3 is 0 Å². The zero-order valence-electron chi connectivity index (χ0n) is 10.7. The van der Waals surface area contributed by atoms with E-state index in [4.69, 9.17) is 11.6 Å². The second kappa shape index (κ2) is 6.50. The van der Waals surface area contributed by atoms with Gasteiger partial charge in [-0.15, -0.1) is 0 Å². The Morgan fingerprint density at radius 1 is 1.37 bits per heavy atom. The number of nitrogens with one attached hydrogen (secondary N) is 2. The van der Waals surface area contributed by atoms with E-state index in [2.05, 4.69) is 15.6 Å². The predicted molar refractivity (Wildman–Crippen MR) is 78.5 cm³/mol. The first kappa shape index (κ1) is 13.8. The molecular formula is C14H16ClN3O. The predicted octanol–water partition coefficient (Wildman–Crippen LogP) is 2.83. The molecule has 0 spiro atoms. The molecule has 0 bridgehead atoms. The van der Waals surface area contributed by atoms with E-state index in [0.717, 1.165) is 17.6 Å². The minimum atomic E-state index is -0.0200. The largest absolute Gasteiger partial charge is 0.325 e. The van der Waals surface area contributed by atoms with E-state index in [1.165, 1.54) is 0 Å². The van der Waals surface area contributed by atoms with Gasteiger partial charge < -0.3 is 10.6 Å². The maximum atomic E-state index is 11.8. The van der Waals surface area contributed by atoms with Gasteiger partial charge in [-0.05, 0) is 30.8 Å². The fourth-order valence-electron chi connectivity index (χ4n) is 1.84. The molecule has 0 aliphatic heterocycles. The molecule has 1 aromatic carbocycles. The highest BCUT2D eigenvalue weighted by Crippen LogP contribution is 2.27. The van der Waals surface area contributed by atoms with Gasteiger partial charge in [-0.25, -0.2) is 0 Å². The van der Waals surface area contributed by atoms with Crippen molar-refractivity contribution in [1.29, 1.82) is 0 Å². The minimum Gasteiger partial charge on any atom is -0.325 e. The van der Waals surface area contributed by atoms with Crippen molar-refractivity contribution in [3.05, 3.63) is 35.5 Å². The van der Waals surface area contributed by atoms with Crippen molar-refractivity contribution in [1.82, 2.24) is 10.3 Å². The second-order valence-electron chi connectivity index (χ2n) is 4.15. The Kier molecular flexibility index (Phi) is 4.71. The van der Waals surface area contributed by atoms with E-state index >= 15 is 0 Å². The Balaban J connectivity index is 2.17. The first-order valence-electron chi connectivity index (χ1n) is 6.26. The third-order valence-corrected chi connectivity index (χ3v) is 3.08. The number of hydrogen-bond acceptors (Lipinski definition) is 3. The molecule has 19 heavy (non-hydrogen) atoms. The number of carbonyl (C=O) groups is 1. The number of amides is 1. The lowest BCUT2D eigenvalue weighted by Gasteiger charge is -2.09. The monoisotopic (exact) mass is 277 g/mol. The van der Waals surface area contributed by atoms with Gasteiger partial charge in [-0.1, -0.05) is 18.5 Å². The molecular weight excluding hydrogens is 262 g/mol. The standard InChI is InChI=1S/C14H16ClN3O/c1-2-16-9-7-13(19)18-12-6-5-11(15)14-10(12)4-3-8-17-14/h3-6,8,16H,2,7,9H2,1H3,(H,18,19). The average molecular weight is 278 g/mol. The van der Waals surface area contributed by atoms with Crippen LogP contribution in [0.4, 0.5) is 5.69 Å². The number of carbonyl (C=O) groups excluding carboxylic acids is 1. The molecule has 0 fully saturated rings. The molecule has 4 nitrogen and oxygen atoms in total. The van der Waals surface area contributed by atoms with Crippen LogP contribution in [0.5, 0.6) is 0 Å². The molecule has 2 N–H and O–H groups in total. The smallest absolute Gasteiger partial charge is 0.225 e. The third kappa shape index (κ3) is 3.43. The van der Waals surface area contributed by atoms with E-state index < -0.39 is 0 Å². The molecule has 0 saturated heterocycles. The molecule has 0 atom stereocenters. The molecule has 0 saturated carbocycles. The average Bonchev–Trinajstić information content (AvgIpc) is 2.43. The quantitative estimate of drug-likeness (QED) is 0.827. The number of halogens is 1.